The number of ether oxygens (including phenoxy) is 1. The standard InChI is InChI=1S/C36H43N7O7/c1-23(44)43-29(20-26-21-37-22-41(26)4)33(46)42-18-12-17-28(42)31(45)40-36(2,3)35(48)39-30(25-15-10-7-11-16-25)32(50-43)38-27(34(47)49-5)19-24-13-8-6-9-14-24/h6-11,13-16,21-22,27-30H,12,17-20H2,1-5H3,(H2,39,40,45,48)/p+1/t27-,28-,29+,30+/m1/s1. The molecule has 3 heterocycles. The molecule has 0 spiro atoms. The Morgan fingerprint density at radius 2 is 1.82 bits per heavy atom. The summed E-state index contributed by atoms with van der Waals surface area (Å²) in [7, 11) is 3.03. The highest BCUT2D eigenvalue weighted by atomic mass is 16.7. The maximum Gasteiger partial charge on any atom is 0.362 e. The van der Waals surface area contributed by atoms with Gasteiger partial charge in [0.2, 0.25) is 17.8 Å². The van der Waals surface area contributed by atoms with E-state index in [1.54, 1.807) is 72.9 Å². The van der Waals surface area contributed by atoms with Crippen LogP contribution < -0.4 is 10.6 Å². The summed E-state index contributed by atoms with van der Waals surface area (Å²) in [5.41, 5.74) is 0.517. The van der Waals surface area contributed by atoms with Crippen molar-refractivity contribution in [3.8, 4) is 0 Å². The number of aryl methyl sites for hydroxylation is 1. The lowest BCUT2D eigenvalue weighted by atomic mass is 10.00. The zero-order valence-electron chi connectivity index (χ0n) is 28.9. The molecule has 0 aliphatic carbocycles. The SMILES string of the molecule is COC(=O)[C@@H](Cc1ccccc1)N=C1ON(C(C)=O)[C@@H](Cc2cncn2C)C(O)=[N+]2CCC[C@@H]2C(=O)NC(C)(C)C(=O)N[C@H]1c1ccccc1. The van der Waals surface area contributed by atoms with E-state index in [0.29, 0.717) is 30.6 Å². The minimum atomic E-state index is -1.44. The lowest BCUT2D eigenvalue weighted by molar-refractivity contribution is -0.541. The number of rotatable bonds is 7. The number of imidazole rings is 1. The molecule has 0 bridgehead atoms. The smallest absolute Gasteiger partial charge is 0.362 e. The van der Waals surface area contributed by atoms with Gasteiger partial charge in [-0.1, -0.05) is 60.7 Å². The van der Waals surface area contributed by atoms with Crippen LogP contribution in [0.1, 0.15) is 56.5 Å². The maximum absolute atomic E-state index is 14.1. The van der Waals surface area contributed by atoms with Crippen molar-refractivity contribution < 1.29 is 38.4 Å². The molecule has 2 aliphatic rings. The number of hydroxylamine groups is 2. The van der Waals surface area contributed by atoms with Crippen molar-refractivity contribution >= 4 is 35.5 Å². The van der Waals surface area contributed by atoms with E-state index in [9.17, 15) is 24.3 Å². The van der Waals surface area contributed by atoms with E-state index < -0.39 is 53.4 Å². The maximum atomic E-state index is 14.1. The molecule has 2 aromatic carbocycles. The van der Waals surface area contributed by atoms with Crippen molar-refractivity contribution in [2.24, 2.45) is 12.0 Å². The number of aliphatic imine (C=N–C) groups is 1. The Balaban J connectivity index is 1.75. The summed E-state index contributed by atoms with van der Waals surface area (Å²) in [6, 6.07) is 13.7. The van der Waals surface area contributed by atoms with E-state index in [0.717, 1.165) is 10.6 Å². The first kappa shape index (κ1) is 35.8. The molecular weight excluding hydrogens is 642 g/mol. The Hall–Kier alpha value is -5.53. The Morgan fingerprint density at radius 1 is 1.14 bits per heavy atom. The van der Waals surface area contributed by atoms with Crippen molar-refractivity contribution in [1.82, 2.24) is 25.2 Å². The number of carbonyl (C=O) groups is 4. The minimum Gasteiger partial charge on any atom is -0.467 e. The predicted octanol–water partition coefficient (Wildman–Crippen LogP) is 2.19. The molecule has 3 N–H and O–H groups in total. The molecule has 2 aliphatic heterocycles. The van der Waals surface area contributed by atoms with Gasteiger partial charge >= 0.3 is 11.9 Å². The summed E-state index contributed by atoms with van der Waals surface area (Å²) in [6.07, 6.45) is 4.35. The van der Waals surface area contributed by atoms with Crippen LogP contribution in [-0.4, -0.2) is 97.1 Å². The zero-order valence-corrected chi connectivity index (χ0v) is 28.9. The number of benzene rings is 2. The number of nitrogens with one attached hydrogen (secondary N) is 2. The van der Waals surface area contributed by atoms with Crippen LogP contribution in [0, 0.1) is 0 Å². The number of nitrogens with zero attached hydrogens (tertiary/aromatic N) is 5. The Morgan fingerprint density at radius 3 is 2.44 bits per heavy atom. The highest BCUT2D eigenvalue weighted by Crippen LogP contribution is 2.24. The van der Waals surface area contributed by atoms with Crippen molar-refractivity contribution in [2.45, 2.75) is 76.2 Å². The van der Waals surface area contributed by atoms with Gasteiger partial charge in [-0.3, -0.25) is 14.4 Å². The number of esters is 1. The highest BCUT2D eigenvalue weighted by molar-refractivity contribution is 5.97. The van der Waals surface area contributed by atoms with Crippen LogP contribution >= 0.6 is 0 Å². The normalized spacial score (nSPS) is 22.6. The Kier molecular flexibility index (Phi) is 11.0. The van der Waals surface area contributed by atoms with Gasteiger partial charge in [-0.2, -0.15) is 9.64 Å². The number of aromatic nitrogens is 2. The van der Waals surface area contributed by atoms with E-state index in [2.05, 4.69) is 15.6 Å². The van der Waals surface area contributed by atoms with Crippen LogP contribution in [0.15, 0.2) is 78.2 Å². The molecule has 3 amide bonds. The van der Waals surface area contributed by atoms with Crippen molar-refractivity contribution in [2.75, 3.05) is 13.7 Å². The molecular formula is C36H44N7O7+. The number of fused-ring (bicyclic) bond motifs is 1. The summed E-state index contributed by atoms with van der Waals surface area (Å²) in [5, 5.41) is 18.8. The lowest BCUT2D eigenvalue weighted by Gasteiger charge is -2.32. The molecule has 1 aromatic heterocycles. The van der Waals surface area contributed by atoms with Gasteiger partial charge in [0.05, 0.1) is 13.4 Å². The van der Waals surface area contributed by atoms with E-state index in [-0.39, 0.29) is 24.6 Å². The summed E-state index contributed by atoms with van der Waals surface area (Å²) < 4.78 is 8.44. The third-order valence-corrected chi connectivity index (χ3v) is 8.94. The fraction of sp³-hybridized carbons (Fsp3) is 0.417. The number of carbonyl (C=O) groups excluding carboxylic acids is 4. The minimum absolute atomic E-state index is 0.0400. The van der Waals surface area contributed by atoms with Gasteiger partial charge in [0.15, 0.2) is 12.1 Å². The first-order chi connectivity index (χ1) is 23.9. The van der Waals surface area contributed by atoms with Crippen LogP contribution in [0.3, 0.4) is 0 Å². The van der Waals surface area contributed by atoms with Gasteiger partial charge in [0, 0.05) is 51.5 Å². The zero-order chi connectivity index (χ0) is 36.0. The molecule has 0 saturated carbocycles. The third kappa shape index (κ3) is 8.01. The van der Waals surface area contributed by atoms with Crippen molar-refractivity contribution in [3.63, 3.8) is 0 Å². The molecule has 4 atom stereocenters. The molecule has 0 radical (unpaired) electrons. The van der Waals surface area contributed by atoms with Crippen LogP contribution in [0.2, 0.25) is 0 Å². The molecule has 0 unspecified atom stereocenters. The monoisotopic (exact) mass is 686 g/mol. The lowest BCUT2D eigenvalue weighted by Crippen LogP contribution is -2.58. The molecule has 5 rings (SSSR count). The first-order valence-corrected chi connectivity index (χ1v) is 16.5. The van der Waals surface area contributed by atoms with Gasteiger partial charge in [-0.25, -0.2) is 14.8 Å². The summed E-state index contributed by atoms with van der Waals surface area (Å²) in [4.78, 5) is 70.3. The third-order valence-electron chi connectivity index (χ3n) is 8.94. The number of aliphatic hydroxyl groups is 1. The van der Waals surface area contributed by atoms with Gasteiger partial charge in [-0.05, 0) is 25.0 Å². The van der Waals surface area contributed by atoms with Gasteiger partial charge in [0.25, 0.3) is 11.8 Å². The average molecular weight is 687 g/mol. The molecule has 1 saturated heterocycles. The van der Waals surface area contributed by atoms with E-state index >= 15 is 0 Å². The van der Waals surface area contributed by atoms with E-state index in [1.165, 1.54) is 14.0 Å². The molecule has 1 fully saturated rings. The second-order valence-corrected chi connectivity index (χ2v) is 13.0. The number of hydrogen-bond acceptors (Lipinski definition) is 8. The van der Waals surface area contributed by atoms with Crippen LogP contribution in [0.25, 0.3) is 0 Å². The predicted molar refractivity (Wildman–Crippen MR) is 183 cm³/mol. The quantitative estimate of drug-likeness (QED) is 0.251. The fourth-order valence-electron chi connectivity index (χ4n) is 6.16. The number of amides is 3. The van der Waals surface area contributed by atoms with Crippen LogP contribution in [0.4, 0.5) is 0 Å². The fourth-order valence-corrected chi connectivity index (χ4v) is 6.16. The molecule has 50 heavy (non-hydrogen) atoms. The van der Waals surface area contributed by atoms with Gasteiger partial charge < -0.3 is 29.9 Å². The highest BCUT2D eigenvalue weighted by Gasteiger charge is 2.46. The van der Waals surface area contributed by atoms with Gasteiger partial charge in [-0.15, -0.1) is 0 Å². The largest absolute Gasteiger partial charge is 0.467 e. The molecule has 3 aromatic rings. The second kappa shape index (κ2) is 15.3. The van der Waals surface area contributed by atoms with E-state index in [4.69, 9.17) is 14.6 Å². The Labute approximate surface area is 290 Å². The van der Waals surface area contributed by atoms with Gasteiger partial charge in [0.1, 0.15) is 18.1 Å². The number of hydrogen-bond donors (Lipinski definition) is 3. The topological polar surface area (TPSA) is 167 Å². The number of aliphatic hydroxyl groups excluding tert-OH is 1. The molecule has 264 valence electrons. The average Bonchev–Trinajstić information content (AvgIpc) is 3.76. The Bertz CT molecular complexity index is 1770. The summed E-state index contributed by atoms with van der Waals surface area (Å²) in [5.74, 6) is -2.81. The first-order valence-electron chi connectivity index (χ1n) is 16.5. The van der Waals surface area contributed by atoms with Crippen LogP contribution in [-0.2, 0) is 48.6 Å². The molecule has 14 nitrogen and oxygen atoms in total. The van der Waals surface area contributed by atoms with Crippen LogP contribution in [0.5, 0.6) is 0 Å². The van der Waals surface area contributed by atoms with Crippen molar-refractivity contribution in [1.29, 1.82) is 0 Å². The number of methoxy groups -OCH3 is 1. The molecule has 14 heteroatoms. The van der Waals surface area contributed by atoms with E-state index in [1.807, 2.05) is 30.3 Å². The summed E-state index contributed by atoms with van der Waals surface area (Å²) >= 11 is 0. The second-order valence-electron chi connectivity index (χ2n) is 13.0. The summed E-state index contributed by atoms with van der Waals surface area (Å²) in [6.45, 7) is 4.73. The van der Waals surface area contributed by atoms with Crippen molar-refractivity contribution in [3.05, 3.63) is 90.0 Å².